The Morgan fingerprint density at radius 3 is 2.74 bits per heavy atom. The normalized spacial score (nSPS) is 21.8. The smallest absolute Gasteiger partial charge is 0.325 e. The number of nitrogens with one attached hydrogen (secondary N) is 2. The van der Waals surface area contributed by atoms with Gasteiger partial charge in [-0.25, -0.2) is 4.79 Å². The van der Waals surface area contributed by atoms with Crippen LogP contribution in [0.25, 0.3) is 0 Å². The van der Waals surface area contributed by atoms with Crippen LogP contribution in [0.5, 0.6) is 5.75 Å². The molecule has 8 heteroatoms. The van der Waals surface area contributed by atoms with Crippen molar-refractivity contribution in [2.24, 2.45) is 0 Å². The summed E-state index contributed by atoms with van der Waals surface area (Å²) in [5, 5.41) is 5.40. The van der Waals surface area contributed by atoms with Gasteiger partial charge in [-0.1, -0.05) is 18.2 Å². The molecule has 5 rings (SSSR count). The van der Waals surface area contributed by atoms with Gasteiger partial charge in [-0.2, -0.15) is 0 Å². The van der Waals surface area contributed by atoms with Crippen LogP contribution < -0.4 is 15.4 Å². The number of ether oxygens (including phenoxy) is 1. The molecule has 1 atom stereocenters. The van der Waals surface area contributed by atoms with Crippen molar-refractivity contribution in [2.75, 3.05) is 18.5 Å². The predicted octanol–water partition coefficient (Wildman–Crippen LogP) is 2.16. The summed E-state index contributed by atoms with van der Waals surface area (Å²) in [6, 6.07) is 9.90. The van der Waals surface area contributed by atoms with E-state index >= 15 is 0 Å². The number of hydrogen-bond acceptors (Lipinski definition) is 5. The summed E-state index contributed by atoms with van der Waals surface area (Å²) in [5.74, 6) is -0.714. The van der Waals surface area contributed by atoms with E-state index in [-0.39, 0.29) is 18.1 Å². The molecule has 0 spiro atoms. The number of carbonyl (C=O) groups is 4. The van der Waals surface area contributed by atoms with Crippen molar-refractivity contribution in [3.63, 3.8) is 0 Å². The first-order valence-electron chi connectivity index (χ1n) is 10.2. The SMILES string of the molecule is C[C@@]1(c2ccc3c(c2)CCC3)NC(=O)N(CC(=O)c2ccc3c(c2)NC(=O)CO3)C1=O. The number of Topliss-reactive ketones (excluding diaryl/α,β-unsaturated/α-hetero) is 1. The highest BCUT2D eigenvalue weighted by Gasteiger charge is 2.49. The Bertz CT molecular complexity index is 1160. The van der Waals surface area contributed by atoms with Crippen LogP contribution in [0.3, 0.4) is 0 Å². The lowest BCUT2D eigenvalue weighted by Crippen LogP contribution is -2.41. The summed E-state index contributed by atoms with van der Waals surface area (Å²) in [4.78, 5) is 51.1. The van der Waals surface area contributed by atoms with Crippen LogP contribution in [0.2, 0.25) is 0 Å². The molecule has 0 aromatic heterocycles. The maximum absolute atomic E-state index is 13.2. The molecule has 0 unspecified atom stereocenters. The fourth-order valence-electron chi connectivity index (χ4n) is 4.41. The molecule has 3 aliphatic rings. The molecule has 2 heterocycles. The fourth-order valence-corrected chi connectivity index (χ4v) is 4.41. The molecule has 0 radical (unpaired) electrons. The van der Waals surface area contributed by atoms with Crippen LogP contribution in [-0.4, -0.2) is 41.7 Å². The first-order chi connectivity index (χ1) is 14.8. The highest BCUT2D eigenvalue weighted by molar-refractivity contribution is 6.11. The molecular formula is C23H21N3O5. The number of rotatable bonds is 4. The Hall–Kier alpha value is -3.68. The second-order valence-corrected chi connectivity index (χ2v) is 8.25. The quantitative estimate of drug-likeness (QED) is 0.584. The number of urea groups is 1. The third kappa shape index (κ3) is 3.15. The zero-order valence-electron chi connectivity index (χ0n) is 17.0. The van der Waals surface area contributed by atoms with E-state index in [4.69, 9.17) is 4.74 Å². The number of amides is 4. The van der Waals surface area contributed by atoms with Crippen molar-refractivity contribution >= 4 is 29.3 Å². The van der Waals surface area contributed by atoms with Crippen LogP contribution >= 0.6 is 0 Å². The molecule has 1 aliphatic carbocycles. The number of fused-ring (bicyclic) bond motifs is 2. The number of hydrogen-bond donors (Lipinski definition) is 2. The van der Waals surface area contributed by atoms with E-state index in [0.29, 0.717) is 11.4 Å². The number of aryl methyl sites for hydroxylation is 2. The second kappa shape index (κ2) is 6.94. The van der Waals surface area contributed by atoms with Crippen molar-refractivity contribution in [3.8, 4) is 5.75 Å². The fraction of sp³-hybridized carbons (Fsp3) is 0.304. The lowest BCUT2D eigenvalue weighted by atomic mass is 9.89. The van der Waals surface area contributed by atoms with E-state index < -0.39 is 29.8 Å². The molecule has 158 valence electrons. The molecule has 8 nitrogen and oxygen atoms in total. The van der Waals surface area contributed by atoms with E-state index in [2.05, 4.69) is 10.6 Å². The zero-order chi connectivity index (χ0) is 21.8. The number of ketones is 1. The standard InChI is InChI=1S/C23H21N3O5/c1-23(16-7-5-13-3-2-4-14(13)9-16)21(29)26(22(30)25-23)11-18(27)15-6-8-19-17(10-15)24-20(28)12-31-19/h5-10H,2-4,11-12H2,1H3,(H,24,28)(H,25,30)/t23-/m0/s1. The lowest BCUT2D eigenvalue weighted by molar-refractivity contribution is -0.130. The Morgan fingerprint density at radius 2 is 1.90 bits per heavy atom. The highest BCUT2D eigenvalue weighted by Crippen LogP contribution is 2.33. The van der Waals surface area contributed by atoms with Gasteiger partial charge in [0.05, 0.1) is 12.2 Å². The zero-order valence-corrected chi connectivity index (χ0v) is 17.0. The Labute approximate surface area is 178 Å². The van der Waals surface area contributed by atoms with Crippen LogP contribution in [-0.2, 0) is 28.0 Å². The van der Waals surface area contributed by atoms with Crippen molar-refractivity contribution in [1.29, 1.82) is 0 Å². The Morgan fingerprint density at radius 1 is 1.10 bits per heavy atom. The average Bonchev–Trinajstić information content (AvgIpc) is 3.31. The highest BCUT2D eigenvalue weighted by atomic mass is 16.5. The molecule has 2 aliphatic heterocycles. The van der Waals surface area contributed by atoms with E-state index in [0.717, 1.165) is 29.7 Å². The molecule has 2 N–H and O–H groups in total. The number of benzene rings is 2. The van der Waals surface area contributed by atoms with E-state index in [1.165, 1.54) is 17.2 Å². The minimum atomic E-state index is -1.22. The number of imide groups is 1. The number of anilines is 1. The first-order valence-corrected chi connectivity index (χ1v) is 10.2. The van der Waals surface area contributed by atoms with Crippen molar-refractivity contribution in [2.45, 2.75) is 31.7 Å². The van der Waals surface area contributed by atoms with Gasteiger partial charge in [0.15, 0.2) is 12.4 Å². The van der Waals surface area contributed by atoms with Gasteiger partial charge in [0.25, 0.3) is 11.8 Å². The van der Waals surface area contributed by atoms with Gasteiger partial charge in [0.2, 0.25) is 0 Å². The summed E-state index contributed by atoms with van der Waals surface area (Å²) in [7, 11) is 0. The lowest BCUT2D eigenvalue weighted by Gasteiger charge is -2.23. The van der Waals surface area contributed by atoms with Gasteiger partial charge in [0.1, 0.15) is 11.3 Å². The second-order valence-electron chi connectivity index (χ2n) is 8.25. The van der Waals surface area contributed by atoms with Crippen LogP contribution in [0.4, 0.5) is 10.5 Å². The van der Waals surface area contributed by atoms with Crippen molar-refractivity contribution < 1.29 is 23.9 Å². The van der Waals surface area contributed by atoms with Crippen LogP contribution in [0.1, 0.15) is 40.4 Å². The van der Waals surface area contributed by atoms with Gasteiger partial charge in [-0.3, -0.25) is 19.3 Å². The summed E-state index contributed by atoms with van der Waals surface area (Å²) < 4.78 is 5.29. The van der Waals surface area contributed by atoms with Gasteiger partial charge >= 0.3 is 6.03 Å². The Kier molecular flexibility index (Phi) is 4.32. The molecule has 1 saturated heterocycles. The van der Waals surface area contributed by atoms with Gasteiger partial charge in [-0.05, 0) is 61.1 Å². The van der Waals surface area contributed by atoms with Gasteiger partial charge in [-0.15, -0.1) is 0 Å². The molecule has 1 fully saturated rings. The molecule has 2 aromatic rings. The first kappa shape index (κ1) is 19.3. The minimum absolute atomic E-state index is 0.0793. The molecule has 31 heavy (non-hydrogen) atoms. The Balaban J connectivity index is 1.37. The third-order valence-electron chi connectivity index (χ3n) is 6.19. The van der Waals surface area contributed by atoms with Gasteiger partial charge in [0, 0.05) is 5.56 Å². The molecule has 0 bridgehead atoms. The summed E-state index contributed by atoms with van der Waals surface area (Å²) >= 11 is 0. The summed E-state index contributed by atoms with van der Waals surface area (Å²) in [5.41, 5.74) is 2.65. The maximum atomic E-state index is 13.2. The predicted molar refractivity (Wildman–Crippen MR) is 111 cm³/mol. The van der Waals surface area contributed by atoms with E-state index in [1.807, 2.05) is 18.2 Å². The molecular weight excluding hydrogens is 398 g/mol. The van der Waals surface area contributed by atoms with E-state index in [9.17, 15) is 19.2 Å². The molecule has 0 saturated carbocycles. The summed E-state index contributed by atoms with van der Waals surface area (Å²) in [6.07, 6.45) is 3.07. The monoisotopic (exact) mass is 419 g/mol. The average molecular weight is 419 g/mol. The van der Waals surface area contributed by atoms with Crippen molar-refractivity contribution in [3.05, 3.63) is 58.7 Å². The molecule has 2 aromatic carbocycles. The maximum Gasteiger partial charge on any atom is 0.325 e. The number of nitrogens with zero attached hydrogens (tertiary/aromatic N) is 1. The van der Waals surface area contributed by atoms with Gasteiger partial charge < -0.3 is 15.4 Å². The topological polar surface area (TPSA) is 105 Å². The van der Waals surface area contributed by atoms with Crippen LogP contribution in [0.15, 0.2) is 36.4 Å². The van der Waals surface area contributed by atoms with Crippen molar-refractivity contribution in [1.82, 2.24) is 10.2 Å². The van der Waals surface area contributed by atoms with E-state index in [1.54, 1.807) is 19.1 Å². The minimum Gasteiger partial charge on any atom is -0.482 e. The number of carbonyl (C=O) groups excluding carboxylic acids is 4. The summed E-state index contributed by atoms with van der Waals surface area (Å²) in [6.45, 7) is 1.20. The third-order valence-corrected chi connectivity index (χ3v) is 6.19. The molecule has 4 amide bonds. The van der Waals surface area contributed by atoms with Crippen LogP contribution in [0, 0.1) is 0 Å². The largest absolute Gasteiger partial charge is 0.482 e.